The first kappa shape index (κ1) is 24.9. The Bertz CT molecular complexity index is 1000. The zero-order valence-electron chi connectivity index (χ0n) is 17.9. The molecule has 174 valence electrons. The molecule has 2 aromatic rings. The van der Waals surface area contributed by atoms with Gasteiger partial charge in [0.1, 0.15) is 11.6 Å². The molecule has 2 N–H and O–H groups in total. The molecule has 0 bridgehead atoms. The molecule has 0 aromatic heterocycles. The maximum Gasteiger partial charge on any atom is 0.330 e. The monoisotopic (exact) mass is 528 g/mol. The van der Waals surface area contributed by atoms with E-state index < -0.39 is 13.8 Å². The van der Waals surface area contributed by atoms with Crippen molar-refractivity contribution in [3.63, 3.8) is 0 Å². The third-order valence-electron chi connectivity index (χ3n) is 5.48. The third kappa shape index (κ3) is 6.86. The summed E-state index contributed by atoms with van der Waals surface area (Å²) in [6.07, 6.45) is -0.467. The molecule has 2 aromatic carbocycles. The Hall–Kier alpha value is -1.77. The lowest BCUT2D eigenvalue weighted by Gasteiger charge is -2.44. The number of hydrogen-bond donors (Lipinski definition) is 2. The zero-order valence-corrected chi connectivity index (χ0v) is 20.4. The minimum absolute atomic E-state index is 0.0396. The summed E-state index contributed by atoms with van der Waals surface area (Å²) in [5.41, 5.74) is 1.35. The highest BCUT2D eigenvalue weighted by Crippen LogP contribution is 2.42. The maximum absolute atomic E-state index is 13.2. The first-order chi connectivity index (χ1) is 15.0. The van der Waals surface area contributed by atoms with Crippen LogP contribution < -0.4 is 4.74 Å². The van der Waals surface area contributed by atoms with Crippen molar-refractivity contribution >= 4 is 29.4 Å². The molecule has 32 heavy (non-hydrogen) atoms. The fraction of sp³-hybridized carbons (Fsp3) is 0.409. The van der Waals surface area contributed by atoms with E-state index in [1.54, 1.807) is 35.2 Å². The van der Waals surface area contributed by atoms with Gasteiger partial charge in [-0.2, -0.15) is 0 Å². The van der Waals surface area contributed by atoms with E-state index in [2.05, 4.69) is 20.8 Å². The average Bonchev–Trinajstić information content (AvgIpc) is 2.70. The maximum atomic E-state index is 13.2. The molecule has 2 atom stereocenters. The molecule has 1 aliphatic heterocycles. The molecule has 1 aliphatic rings. The number of ether oxygens (including phenoxy) is 1. The van der Waals surface area contributed by atoms with Gasteiger partial charge in [0.25, 0.3) is 5.91 Å². The standard InChI is InChI=1S/C22H27BrFN2O5P/c1-15-11-26(16(2)10-25(15)12-17-3-6-20(24)7-4-17)22(27)13-31-21-8-5-19(23)9-18(21)14-32(28,29)30/h3-9,15-16H,10-14H2,1-2H3,(H2,28,29,30)/t15-,16+/m0/s1. The van der Waals surface area contributed by atoms with E-state index >= 15 is 0 Å². The van der Waals surface area contributed by atoms with Crippen molar-refractivity contribution in [1.29, 1.82) is 0 Å². The van der Waals surface area contributed by atoms with E-state index in [1.165, 1.54) is 12.1 Å². The van der Waals surface area contributed by atoms with E-state index in [0.717, 1.165) is 5.56 Å². The van der Waals surface area contributed by atoms with Crippen molar-refractivity contribution in [1.82, 2.24) is 9.80 Å². The van der Waals surface area contributed by atoms with Gasteiger partial charge in [0, 0.05) is 41.8 Å². The summed E-state index contributed by atoms with van der Waals surface area (Å²) in [6.45, 7) is 5.68. The first-order valence-corrected chi connectivity index (χ1v) is 12.8. The number of carbonyl (C=O) groups excluding carboxylic acids is 1. The number of amides is 1. The highest BCUT2D eigenvalue weighted by molar-refractivity contribution is 9.10. The molecular formula is C22H27BrFN2O5P. The van der Waals surface area contributed by atoms with Crippen LogP contribution in [-0.2, 0) is 22.1 Å². The Morgan fingerprint density at radius 1 is 1.16 bits per heavy atom. The van der Waals surface area contributed by atoms with E-state index in [1.807, 2.05) is 13.8 Å². The summed E-state index contributed by atoms with van der Waals surface area (Å²) in [7, 11) is -4.29. The molecular weight excluding hydrogens is 502 g/mol. The molecule has 0 saturated carbocycles. The molecule has 0 spiro atoms. The van der Waals surface area contributed by atoms with Gasteiger partial charge in [0.2, 0.25) is 0 Å². The number of hydrogen-bond acceptors (Lipinski definition) is 4. The second-order valence-corrected chi connectivity index (χ2v) is 10.7. The van der Waals surface area contributed by atoms with Gasteiger partial charge in [-0.1, -0.05) is 28.1 Å². The van der Waals surface area contributed by atoms with Crippen LogP contribution >= 0.6 is 23.5 Å². The SMILES string of the molecule is C[C@@H]1CN(Cc2ccc(F)cc2)[C@@H](C)CN1C(=O)COc1ccc(Br)cc1CP(=O)(O)O. The number of nitrogens with zero attached hydrogens (tertiary/aromatic N) is 2. The summed E-state index contributed by atoms with van der Waals surface area (Å²) in [6, 6.07) is 11.4. The van der Waals surface area contributed by atoms with Crippen molar-refractivity contribution in [3.8, 4) is 5.75 Å². The van der Waals surface area contributed by atoms with Crippen LogP contribution in [0.4, 0.5) is 4.39 Å². The van der Waals surface area contributed by atoms with E-state index in [0.29, 0.717) is 29.7 Å². The molecule has 1 fully saturated rings. The van der Waals surface area contributed by atoms with Crippen molar-refractivity contribution < 1.29 is 28.3 Å². The van der Waals surface area contributed by atoms with E-state index in [9.17, 15) is 23.5 Å². The Morgan fingerprint density at radius 3 is 2.50 bits per heavy atom. The van der Waals surface area contributed by atoms with E-state index in [-0.39, 0.29) is 36.2 Å². The van der Waals surface area contributed by atoms with Crippen LogP contribution in [0.1, 0.15) is 25.0 Å². The normalized spacial score (nSPS) is 19.8. The molecule has 0 aliphatic carbocycles. The van der Waals surface area contributed by atoms with Gasteiger partial charge < -0.3 is 19.4 Å². The fourth-order valence-electron chi connectivity index (χ4n) is 3.85. The lowest BCUT2D eigenvalue weighted by atomic mass is 10.1. The lowest BCUT2D eigenvalue weighted by Crippen LogP contribution is -2.58. The lowest BCUT2D eigenvalue weighted by molar-refractivity contribution is -0.139. The average molecular weight is 529 g/mol. The topological polar surface area (TPSA) is 90.3 Å². The van der Waals surface area contributed by atoms with Crippen LogP contribution in [0.5, 0.6) is 5.75 Å². The minimum atomic E-state index is -4.29. The smallest absolute Gasteiger partial charge is 0.330 e. The molecule has 1 saturated heterocycles. The highest BCUT2D eigenvalue weighted by atomic mass is 79.9. The highest BCUT2D eigenvalue weighted by Gasteiger charge is 2.32. The van der Waals surface area contributed by atoms with Gasteiger partial charge in [-0.3, -0.25) is 14.3 Å². The van der Waals surface area contributed by atoms with Crippen LogP contribution in [0, 0.1) is 5.82 Å². The van der Waals surface area contributed by atoms with Crippen molar-refractivity contribution in [2.45, 2.75) is 38.6 Å². The number of halogens is 2. The van der Waals surface area contributed by atoms with Gasteiger partial charge >= 0.3 is 7.60 Å². The Kier molecular flexibility index (Phi) is 8.11. The molecule has 7 nitrogen and oxygen atoms in total. The summed E-state index contributed by atoms with van der Waals surface area (Å²) < 4.78 is 30.9. The first-order valence-electron chi connectivity index (χ1n) is 10.3. The number of benzene rings is 2. The van der Waals surface area contributed by atoms with Gasteiger partial charge in [0.05, 0.1) is 6.16 Å². The number of carbonyl (C=O) groups is 1. The predicted molar refractivity (Wildman–Crippen MR) is 123 cm³/mol. The van der Waals surface area contributed by atoms with Crippen LogP contribution in [-0.4, -0.2) is 57.3 Å². The summed E-state index contributed by atoms with van der Waals surface area (Å²) >= 11 is 3.29. The van der Waals surface area contributed by atoms with Gasteiger partial charge in [0.15, 0.2) is 6.61 Å². The van der Waals surface area contributed by atoms with E-state index in [4.69, 9.17) is 4.74 Å². The van der Waals surface area contributed by atoms with Gasteiger partial charge in [-0.15, -0.1) is 0 Å². The quantitative estimate of drug-likeness (QED) is 0.531. The van der Waals surface area contributed by atoms with Crippen LogP contribution in [0.25, 0.3) is 0 Å². The molecule has 0 unspecified atom stereocenters. The fourth-order valence-corrected chi connectivity index (χ4v) is 4.95. The van der Waals surface area contributed by atoms with Crippen LogP contribution in [0.2, 0.25) is 0 Å². The van der Waals surface area contributed by atoms with Crippen LogP contribution in [0.15, 0.2) is 46.9 Å². The molecule has 1 amide bonds. The number of rotatable bonds is 7. The molecule has 3 rings (SSSR count). The zero-order chi connectivity index (χ0) is 23.5. The van der Waals surface area contributed by atoms with Gasteiger partial charge in [-0.25, -0.2) is 4.39 Å². The Labute approximate surface area is 195 Å². The summed E-state index contributed by atoms with van der Waals surface area (Å²) in [4.78, 5) is 35.5. The molecule has 0 radical (unpaired) electrons. The van der Waals surface area contributed by atoms with Crippen molar-refractivity contribution in [3.05, 3.63) is 63.9 Å². The Balaban J connectivity index is 1.61. The predicted octanol–water partition coefficient (Wildman–Crippen LogP) is 3.77. The summed E-state index contributed by atoms with van der Waals surface area (Å²) in [5.74, 6) is -0.170. The molecule has 1 heterocycles. The Morgan fingerprint density at radius 2 is 1.84 bits per heavy atom. The second-order valence-electron chi connectivity index (χ2n) is 8.16. The summed E-state index contributed by atoms with van der Waals surface area (Å²) in [5, 5.41) is 0. The largest absolute Gasteiger partial charge is 0.483 e. The van der Waals surface area contributed by atoms with Crippen molar-refractivity contribution in [2.75, 3.05) is 19.7 Å². The van der Waals surface area contributed by atoms with Gasteiger partial charge in [-0.05, 0) is 49.7 Å². The molecule has 10 heteroatoms. The van der Waals surface area contributed by atoms with Crippen LogP contribution in [0.3, 0.4) is 0 Å². The second kappa shape index (κ2) is 10.4. The van der Waals surface area contributed by atoms with Crippen molar-refractivity contribution in [2.24, 2.45) is 0 Å². The third-order valence-corrected chi connectivity index (χ3v) is 6.73. The number of piperazine rings is 1. The minimum Gasteiger partial charge on any atom is -0.483 e.